The Labute approximate surface area is 86.7 Å². The van der Waals surface area contributed by atoms with Crippen molar-refractivity contribution >= 4 is 0 Å². The number of rotatable bonds is 5. The number of allylic oxidation sites excluding steroid dienone is 1. The Morgan fingerprint density at radius 2 is 2.43 bits per heavy atom. The summed E-state index contributed by atoms with van der Waals surface area (Å²) in [5, 5.41) is 3.53. The van der Waals surface area contributed by atoms with Crippen LogP contribution in [0.2, 0.25) is 0 Å². The number of hydrogen-bond donors (Lipinski definition) is 1. The van der Waals surface area contributed by atoms with Crippen LogP contribution >= 0.6 is 0 Å². The van der Waals surface area contributed by atoms with E-state index in [1.807, 2.05) is 0 Å². The highest BCUT2D eigenvalue weighted by Gasteiger charge is 2.28. The van der Waals surface area contributed by atoms with Gasteiger partial charge >= 0.3 is 0 Å². The molecule has 1 fully saturated rings. The predicted octanol–water partition coefficient (Wildman–Crippen LogP) is 2.46. The number of likely N-dealkylation sites (N-methyl/N-ethyl adjacent to an activating group) is 1. The average Bonchev–Trinajstić information content (AvgIpc) is 3.03. The minimum atomic E-state index is 0.493. The van der Waals surface area contributed by atoms with Gasteiger partial charge < -0.3 is 10.1 Å². The van der Waals surface area contributed by atoms with Gasteiger partial charge in [0.1, 0.15) is 5.76 Å². The Hall–Kier alpha value is -0.500. The smallest absolute Gasteiger partial charge is 0.109 e. The lowest BCUT2D eigenvalue weighted by molar-refractivity contribution is 0.164. The second-order valence-corrected chi connectivity index (χ2v) is 4.39. The molecule has 0 bridgehead atoms. The molecule has 0 spiro atoms. The summed E-state index contributed by atoms with van der Waals surface area (Å²) in [6.45, 7) is 4.12. The van der Waals surface area contributed by atoms with Crippen LogP contribution in [0.25, 0.3) is 0 Å². The predicted molar refractivity (Wildman–Crippen MR) is 58.1 cm³/mol. The highest BCUT2D eigenvalue weighted by atomic mass is 16.5. The van der Waals surface area contributed by atoms with Crippen molar-refractivity contribution in [1.29, 1.82) is 0 Å². The Balaban J connectivity index is 1.89. The van der Waals surface area contributed by atoms with Crippen LogP contribution in [0.15, 0.2) is 11.8 Å². The topological polar surface area (TPSA) is 21.3 Å². The third kappa shape index (κ3) is 2.74. The molecule has 2 rings (SSSR count). The number of nitrogens with one attached hydrogen (secondary N) is 1. The summed E-state index contributed by atoms with van der Waals surface area (Å²) in [5.74, 6) is 2.18. The quantitative estimate of drug-likeness (QED) is 0.727. The van der Waals surface area contributed by atoms with E-state index in [4.69, 9.17) is 4.74 Å². The fourth-order valence-corrected chi connectivity index (χ4v) is 2.05. The summed E-state index contributed by atoms with van der Waals surface area (Å²) in [7, 11) is 0. The maximum Gasteiger partial charge on any atom is 0.109 e. The molecule has 0 aromatic carbocycles. The van der Waals surface area contributed by atoms with Crippen molar-refractivity contribution in [3.8, 4) is 0 Å². The summed E-state index contributed by atoms with van der Waals surface area (Å²) in [6.07, 6.45) is 8.79. The van der Waals surface area contributed by atoms with Crippen LogP contribution in [0.1, 0.15) is 39.0 Å². The van der Waals surface area contributed by atoms with Crippen molar-refractivity contribution < 1.29 is 4.74 Å². The molecule has 0 amide bonds. The maximum absolute atomic E-state index is 5.72. The molecule has 14 heavy (non-hydrogen) atoms. The summed E-state index contributed by atoms with van der Waals surface area (Å²) in [5.41, 5.74) is 0. The normalized spacial score (nSPS) is 23.9. The van der Waals surface area contributed by atoms with Crippen LogP contribution in [-0.4, -0.2) is 19.2 Å². The van der Waals surface area contributed by atoms with Gasteiger partial charge in [0.15, 0.2) is 0 Å². The first-order valence-corrected chi connectivity index (χ1v) is 5.96. The average molecular weight is 195 g/mol. The fourth-order valence-electron chi connectivity index (χ4n) is 2.05. The Kier molecular flexibility index (Phi) is 3.46. The molecule has 0 radical (unpaired) electrons. The summed E-state index contributed by atoms with van der Waals surface area (Å²) in [6, 6.07) is 0.493. The van der Waals surface area contributed by atoms with E-state index in [-0.39, 0.29) is 0 Å². The molecule has 80 valence electrons. The van der Waals surface area contributed by atoms with Crippen LogP contribution in [0.5, 0.6) is 0 Å². The van der Waals surface area contributed by atoms with Gasteiger partial charge in [0, 0.05) is 0 Å². The highest BCUT2D eigenvalue weighted by Crippen LogP contribution is 2.35. The molecule has 1 unspecified atom stereocenters. The van der Waals surface area contributed by atoms with Gasteiger partial charge in [-0.2, -0.15) is 0 Å². The molecule has 1 aliphatic heterocycles. The summed E-state index contributed by atoms with van der Waals surface area (Å²) >= 11 is 0. The van der Waals surface area contributed by atoms with Gasteiger partial charge in [-0.3, -0.25) is 0 Å². The second kappa shape index (κ2) is 4.83. The van der Waals surface area contributed by atoms with Crippen LogP contribution in [0.3, 0.4) is 0 Å². The molecule has 1 saturated carbocycles. The molecule has 1 heterocycles. The van der Waals surface area contributed by atoms with Crippen LogP contribution in [0, 0.1) is 5.92 Å². The standard InChI is InChI=1S/C12H21NO/c1-2-13-11(9-10-6-7-10)12-5-3-4-8-14-12/h5,10-11,13H,2-4,6-9H2,1H3. The first-order valence-electron chi connectivity index (χ1n) is 5.96. The van der Waals surface area contributed by atoms with Crippen molar-refractivity contribution in [3.05, 3.63) is 11.8 Å². The molecule has 2 nitrogen and oxygen atoms in total. The van der Waals surface area contributed by atoms with E-state index in [2.05, 4.69) is 18.3 Å². The maximum atomic E-state index is 5.72. The zero-order valence-electron chi connectivity index (χ0n) is 9.09. The Bertz CT molecular complexity index is 208. The van der Waals surface area contributed by atoms with E-state index in [0.717, 1.165) is 19.1 Å². The number of ether oxygens (including phenoxy) is 1. The number of hydrogen-bond acceptors (Lipinski definition) is 2. The van der Waals surface area contributed by atoms with Crippen molar-refractivity contribution in [2.45, 2.75) is 45.1 Å². The van der Waals surface area contributed by atoms with Gasteiger partial charge in [0.2, 0.25) is 0 Å². The van der Waals surface area contributed by atoms with Crippen LogP contribution in [0.4, 0.5) is 0 Å². The molecule has 1 atom stereocenters. The Morgan fingerprint density at radius 3 is 3.00 bits per heavy atom. The zero-order valence-corrected chi connectivity index (χ0v) is 9.09. The molecule has 2 heteroatoms. The van der Waals surface area contributed by atoms with Gasteiger partial charge in [-0.25, -0.2) is 0 Å². The van der Waals surface area contributed by atoms with Gasteiger partial charge in [0.25, 0.3) is 0 Å². The van der Waals surface area contributed by atoms with E-state index < -0.39 is 0 Å². The monoisotopic (exact) mass is 195 g/mol. The zero-order chi connectivity index (χ0) is 9.80. The van der Waals surface area contributed by atoms with E-state index in [1.54, 1.807) is 0 Å². The molecule has 0 aromatic rings. The Morgan fingerprint density at radius 1 is 1.57 bits per heavy atom. The lowest BCUT2D eigenvalue weighted by Crippen LogP contribution is -2.33. The second-order valence-electron chi connectivity index (χ2n) is 4.39. The van der Waals surface area contributed by atoms with E-state index in [0.29, 0.717) is 6.04 Å². The highest BCUT2D eigenvalue weighted by molar-refractivity contribution is 5.06. The first kappa shape index (κ1) is 10.0. The van der Waals surface area contributed by atoms with Gasteiger partial charge in [-0.1, -0.05) is 19.8 Å². The van der Waals surface area contributed by atoms with E-state index in [1.165, 1.54) is 37.9 Å². The van der Waals surface area contributed by atoms with Crippen molar-refractivity contribution in [2.24, 2.45) is 5.92 Å². The SMILES string of the molecule is CCNC(CC1CC1)C1=CCCCO1. The lowest BCUT2D eigenvalue weighted by Gasteiger charge is -2.24. The molecule has 0 aromatic heterocycles. The third-order valence-electron chi connectivity index (χ3n) is 3.02. The largest absolute Gasteiger partial charge is 0.497 e. The van der Waals surface area contributed by atoms with Crippen LogP contribution < -0.4 is 5.32 Å². The van der Waals surface area contributed by atoms with E-state index >= 15 is 0 Å². The molecular formula is C12H21NO. The molecule has 1 aliphatic carbocycles. The van der Waals surface area contributed by atoms with E-state index in [9.17, 15) is 0 Å². The van der Waals surface area contributed by atoms with Crippen molar-refractivity contribution in [3.63, 3.8) is 0 Å². The lowest BCUT2D eigenvalue weighted by atomic mass is 10.1. The minimum Gasteiger partial charge on any atom is -0.497 e. The molecule has 2 aliphatic rings. The van der Waals surface area contributed by atoms with Crippen molar-refractivity contribution in [1.82, 2.24) is 5.32 Å². The fraction of sp³-hybridized carbons (Fsp3) is 0.833. The van der Waals surface area contributed by atoms with Gasteiger partial charge in [0.05, 0.1) is 12.6 Å². The minimum absolute atomic E-state index is 0.493. The van der Waals surface area contributed by atoms with Crippen molar-refractivity contribution in [2.75, 3.05) is 13.2 Å². The summed E-state index contributed by atoms with van der Waals surface area (Å²) in [4.78, 5) is 0. The van der Waals surface area contributed by atoms with Gasteiger partial charge in [-0.05, 0) is 37.8 Å². The molecule has 0 saturated heterocycles. The third-order valence-corrected chi connectivity index (χ3v) is 3.02. The molecular weight excluding hydrogens is 174 g/mol. The summed E-state index contributed by atoms with van der Waals surface area (Å²) < 4.78 is 5.72. The first-order chi connectivity index (χ1) is 6.90. The van der Waals surface area contributed by atoms with Gasteiger partial charge in [-0.15, -0.1) is 0 Å². The van der Waals surface area contributed by atoms with Crippen LogP contribution in [-0.2, 0) is 4.74 Å². The molecule has 1 N–H and O–H groups in total.